The van der Waals surface area contributed by atoms with Gasteiger partial charge in [0.15, 0.2) is 0 Å². The Morgan fingerprint density at radius 2 is 2.16 bits per heavy atom. The van der Waals surface area contributed by atoms with Crippen molar-refractivity contribution >= 4 is 11.9 Å². The van der Waals surface area contributed by atoms with Gasteiger partial charge < -0.3 is 19.5 Å². The summed E-state index contributed by atoms with van der Waals surface area (Å²) in [4.78, 5) is 26.7. The first-order chi connectivity index (χ1) is 12.0. The Balaban J connectivity index is 1.78. The van der Waals surface area contributed by atoms with E-state index in [4.69, 9.17) is 4.74 Å². The number of aliphatic carboxylic acids is 1. The molecule has 2 bridgehead atoms. The van der Waals surface area contributed by atoms with Crippen LogP contribution in [0, 0.1) is 11.8 Å². The molecule has 5 nitrogen and oxygen atoms in total. The van der Waals surface area contributed by atoms with Crippen LogP contribution in [0.25, 0.3) is 0 Å². The predicted molar refractivity (Wildman–Crippen MR) is 89.0 cm³/mol. The highest BCUT2D eigenvalue weighted by atomic mass is 16.5. The molecule has 4 rings (SSSR count). The van der Waals surface area contributed by atoms with Gasteiger partial charge >= 0.3 is 0 Å². The molecule has 25 heavy (non-hydrogen) atoms. The second kappa shape index (κ2) is 5.56. The molecular weight excluding hydrogens is 318 g/mol. The van der Waals surface area contributed by atoms with E-state index in [1.54, 1.807) is 17.1 Å². The van der Waals surface area contributed by atoms with Gasteiger partial charge in [-0.15, -0.1) is 6.58 Å². The van der Waals surface area contributed by atoms with Gasteiger partial charge in [-0.3, -0.25) is 4.79 Å². The van der Waals surface area contributed by atoms with Crippen molar-refractivity contribution in [1.29, 1.82) is 0 Å². The van der Waals surface area contributed by atoms with E-state index >= 15 is 0 Å². The van der Waals surface area contributed by atoms with E-state index in [9.17, 15) is 14.7 Å². The minimum atomic E-state index is -1.22. The number of ether oxygens (including phenoxy) is 1. The lowest BCUT2D eigenvalue weighted by Crippen LogP contribution is -2.46. The number of carbonyl (C=O) groups is 2. The van der Waals surface area contributed by atoms with E-state index in [0.29, 0.717) is 6.42 Å². The van der Waals surface area contributed by atoms with Crippen molar-refractivity contribution < 1.29 is 19.4 Å². The first-order valence-electron chi connectivity index (χ1n) is 8.57. The molecule has 0 aromatic heterocycles. The van der Waals surface area contributed by atoms with E-state index in [1.165, 1.54) is 0 Å². The molecule has 2 fully saturated rings. The van der Waals surface area contributed by atoms with Gasteiger partial charge in [0.2, 0.25) is 5.91 Å². The second-order valence-electron chi connectivity index (χ2n) is 6.99. The Labute approximate surface area is 146 Å². The van der Waals surface area contributed by atoms with Crippen LogP contribution in [0.5, 0.6) is 0 Å². The van der Waals surface area contributed by atoms with E-state index in [1.807, 2.05) is 43.3 Å². The van der Waals surface area contributed by atoms with Gasteiger partial charge in [-0.25, -0.2) is 0 Å². The molecule has 0 N–H and O–H groups in total. The van der Waals surface area contributed by atoms with Gasteiger partial charge in [-0.1, -0.05) is 48.6 Å². The average Bonchev–Trinajstić information content (AvgIpc) is 3.24. The van der Waals surface area contributed by atoms with Crippen LogP contribution >= 0.6 is 0 Å². The molecule has 2 saturated heterocycles. The molecule has 3 heterocycles. The van der Waals surface area contributed by atoms with Crippen LogP contribution in [0.3, 0.4) is 0 Å². The summed E-state index contributed by atoms with van der Waals surface area (Å²) >= 11 is 0. The summed E-state index contributed by atoms with van der Waals surface area (Å²) in [7, 11) is 0. The molecule has 5 heteroatoms. The van der Waals surface area contributed by atoms with Crippen LogP contribution in [0.4, 0.5) is 0 Å². The number of benzene rings is 1. The number of carboxylic acids is 1. The van der Waals surface area contributed by atoms with E-state index in [-0.39, 0.29) is 18.0 Å². The van der Waals surface area contributed by atoms with Gasteiger partial charge in [-0.05, 0) is 18.9 Å². The van der Waals surface area contributed by atoms with Crippen LogP contribution in [0.2, 0.25) is 0 Å². The Kier molecular flexibility index (Phi) is 3.58. The molecule has 1 spiro atoms. The molecule has 1 amide bonds. The second-order valence-corrected chi connectivity index (χ2v) is 6.99. The molecule has 3 aliphatic heterocycles. The summed E-state index contributed by atoms with van der Waals surface area (Å²) in [6.07, 6.45) is 5.36. The normalized spacial score (nSPS) is 36.5. The molecule has 1 aromatic rings. The lowest BCUT2D eigenvalue weighted by Gasteiger charge is -2.36. The lowest BCUT2D eigenvalue weighted by molar-refractivity contribution is -0.313. The number of likely N-dealkylation sites (tertiary alicyclic amines) is 1. The zero-order valence-corrected chi connectivity index (χ0v) is 14.0. The van der Waals surface area contributed by atoms with Crippen molar-refractivity contribution in [3.63, 3.8) is 0 Å². The van der Waals surface area contributed by atoms with Crippen molar-refractivity contribution in [3.8, 4) is 0 Å². The van der Waals surface area contributed by atoms with Crippen molar-refractivity contribution in [2.75, 3.05) is 0 Å². The van der Waals surface area contributed by atoms with Gasteiger partial charge in [0.1, 0.15) is 5.60 Å². The third-order valence-electron chi connectivity index (χ3n) is 5.82. The largest absolute Gasteiger partial charge is 0.550 e. The molecular formula is C20H20NO4-. The number of hydrogen-bond acceptors (Lipinski definition) is 4. The van der Waals surface area contributed by atoms with E-state index < -0.39 is 29.5 Å². The van der Waals surface area contributed by atoms with Crippen molar-refractivity contribution in [3.05, 3.63) is 60.7 Å². The lowest BCUT2D eigenvalue weighted by atomic mass is 9.74. The fourth-order valence-electron chi connectivity index (χ4n) is 4.75. The minimum absolute atomic E-state index is 0.177. The van der Waals surface area contributed by atoms with Gasteiger partial charge in [-0.2, -0.15) is 0 Å². The number of fused-ring (bicyclic) bond motifs is 1. The van der Waals surface area contributed by atoms with Crippen LogP contribution in [-0.2, 0) is 14.3 Å². The maximum absolute atomic E-state index is 13.3. The maximum Gasteiger partial charge on any atom is 0.230 e. The van der Waals surface area contributed by atoms with Crippen LogP contribution in [-0.4, -0.2) is 34.5 Å². The predicted octanol–water partition coefficient (Wildman–Crippen LogP) is 1.22. The fraction of sp³-hybridized carbons (Fsp3) is 0.400. The molecule has 6 atom stereocenters. The molecule has 0 unspecified atom stereocenters. The van der Waals surface area contributed by atoms with E-state index in [2.05, 4.69) is 6.58 Å². The number of carbonyl (C=O) groups excluding carboxylic acids is 2. The summed E-state index contributed by atoms with van der Waals surface area (Å²) in [5.74, 6) is -3.06. The first-order valence-corrected chi connectivity index (χ1v) is 8.57. The monoisotopic (exact) mass is 338 g/mol. The Bertz CT molecular complexity index is 758. The molecule has 0 radical (unpaired) electrons. The smallest absolute Gasteiger partial charge is 0.230 e. The zero-order chi connectivity index (χ0) is 17.8. The third kappa shape index (κ3) is 2.05. The highest BCUT2D eigenvalue weighted by Gasteiger charge is 2.69. The van der Waals surface area contributed by atoms with Crippen molar-refractivity contribution in [2.45, 2.75) is 37.1 Å². The highest BCUT2D eigenvalue weighted by molar-refractivity contribution is 5.91. The van der Waals surface area contributed by atoms with Gasteiger partial charge in [0.25, 0.3) is 0 Å². The SMILES string of the molecule is C=CC[C@@H]1N([C@H](C)c2ccccc2)C(=O)[C@H]2[C@H](C(=O)[O-])[C@@H]3C=C[C@]12O3. The van der Waals surface area contributed by atoms with Gasteiger partial charge in [0.05, 0.1) is 24.1 Å². The summed E-state index contributed by atoms with van der Waals surface area (Å²) in [5, 5.41) is 11.7. The number of carboxylic acid groups (broad SMARTS) is 1. The van der Waals surface area contributed by atoms with Crippen molar-refractivity contribution in [1.82, 2.24) is 4.90 Å². The summed E-state index contributed by atoms with van der Waals surface area (Å²) in [6.45, 7) is 5.78. The summed E-state index contributed by atoms with van der Waals surface area (Å²) in [5.41, 5.74) is 0.105. The standard InChI is InChI=1S/C20H21NO4/c1-3-7-15-20-11-10-14(25-20)16(19(23)24)17(20)18(22)21(15)12(2)13-8-5-4-6-9-13/h3-6,8-12,14-17H,1,7H2,2H3,(H,23,24)/p-1/t12-,14+,15+,16-,17-,20+/m1/s1. The third-order valence-corrected chi connectivity index (χ3v) is 5.82. The molecule has 130 valence electrons. The Hall–Kier alpha value is -2.40. The fourth-order valence-corrected chi connectivity index (χ4v) is 4.75. The van der Waals surface area contributed by atoms with E-state index in [0.717, 1.165) is 5.56 Å². The van der Waals surface area contributed by atoms with Crippen LogP contribution in [0.1, 0.15) is 24.9 Å². The summed E-state index contributed by atoms with van der Waals surface area (Å²) in [6, 6.07) is 9.27. The van der Waals surface area contributed by atoms with Gasteiger partial charge in [0, 0.05) is 11.9 Å². The maximum atomic E-state index is 13.3. The van der Waals surface area contributed by atoms with Crippen LogP contribution < -0.4 is 5.11 Å². The van der Waals surface area contributed by atoms with Crippen LogP contribution in [0.15, 0.2) is 55.1 Å². The number of amides is 1. The minimum Gasteiger partial charge on any atom is -0.550 e. The highest BCUT2D eigenvalue weighted by Crippen LogP contribution is 2.57. The molecule has 0 saturated carbocycles. The number of hydrogen-bond donors (Lipinski definition) is 0. The quantitative estimate of drug-likeness (QED) is 0.757. The summed E-state index contributed by atoms with van der Waals surface area (Å²) < 4.78 is 6.07. The average molecular weight is 338 g/mol. The molecule has 1 aromatic carbocycles. The zero-order valence-electron chi connectivity index (χ0n) is 14.0. The topological polar surface area (TPSA) is 69.7 Å². The number of rotatable bonds is 5. The number of nitrogens with zero attached hydrogens (tertiary/aromatic N) is 1. The molecule has 0 aliphatic carbocycles. The first kappa shape index (κ1) is 16.1. The Morgan fingerprint density at radius 3 is 2.80 bits per heavy atom. The van der Waals surface area contributed by atoms with Crippen molar-refractivity contribution in [2.24, 2.45) is 11.8 Å². The molecule has 3 aliphatic rings. The Morgan fingerprint density at radius 1 is 1.44 bits per heavy atom.